The normalized spacial score (nSPS) is 30.1. The van der Waals surface area contributed by atoms with Gasteiger partial charge in [-0.25, -0.2) is 0 Å². The van der Waals surface area contributed by atoms with Crippen LogP contribution in [0.1, 0.15) is 37.3 Å². The van der Waals surface area contributed by atoms with E-state index in [0.29, 0.717) is 30.0 Å². The summed E-state index contributed by atoms with van der Waals surface area (Å²) < 4.78 is 7.98. The highest BCUT2D eigenvalue weighted by Crippen LogP contribution is 2.62. The van der Waals surface area contributed by atoms with Gasteiger partial charge in [-0.1, -0.05) is 6.42 Å². The first kappa shape index (κ1) is 17.9. The van der Waals surface area contributed by atoms with Gasteiger partial charge in [0.25, 0.3) is 0 Å². The zero-order valence-corrected chi connectivity index (χ0v) is 16.9. The molecule has 2 heterocycles. The Morgan fingerprint density at radius 1 is 1.42 bits per heavy atom. The Hall–Kier alpha value is -0.900. The lowest BCUT2D eigenvalue weighted by Crippen LogP contribution is -2.72. The maximum Gasteiger partial charge on any atom is 0.191 e. The van der Waals surface area contributed by atoms with Gasteiger partial charge in [-0.05, 0) is 26.2 Å². The maximum atomic E-state index is 5.98. The molecule has 4 rings (SSSR count). The fourth-order valence-corrected chi connectivity index (χ4v) is 4.57. The largest absolute Gasteiger partial charge is 0.377 e. The van der Waals surface area contributed by atoms with Crippen LogP contribution in [-0.2, 0) is 18.3 Å². The van der Waals surface area contributed by atoms with E-state index in [4.69, 9.17) is 4.74 Å². The number of aryl methyl sites for hydroxylation is 1. The van der Waals surface area contributed by atoms with E-state index in [0.717, 1.165) is 24.2 Å². The predicted molar refractivity (Wildman–Crippen MR) is 102 cm³/mol. The van der Waals surface area contributed by atoms with E-state index >= 15 is 0 Å². The Balaban J connectivity index is 0.00000169. The second-order valence-corrected chi connectivity index (χ2v) is 7.10. The van der Waals surface area contributed by atoms with Crippen molar-refractivity contribution in [3.05, 3.63) is 11.6 Å². The molecule has 134 valence electrons. The third-order valence-electron chi connectivity index (χ3n) is 6.15. The van der Waals surface area contributed by atoms with Crippen molar-refractivity contribution >= 4 is 29.9 Å². The molecule has 0 aromatic carbocycles. The van der Waals surface area contributed by atoms with Gasteiger partial charge in [0.2, 0.25) is 0 Å². The highest BCUT2D eigenvalue weighted by atomic mass is 127. The van der Waals surface area contributed by atoms with E-state index in [9.17, 15) is 0 Å². The van der Waals surface area contributed by atoms with E-state index in [-0.39, 0.29) is 24.0 Å². The van der Waals surface area contributed by atoms with Crippen molar-refractivity contribution in [2.45, 2.75) is 51.3 Å². The van der Waals surface area contributed by atoms with Crippen LogP contribution in [0.2, 0.25) is 0 Å². The number of hydrogen-bond donors (Lipinski definition) is 2. The number of nitrogens with one attached hydrogen (secondary N) is 2. The topological polar surface area (TPSA) is 76.4 Å². The Morgan fingerprint density at radius 3 is 2.79 bits per heavy atom. The number of ether oxygens (including phenoxy) is 1. The summed E-state index contributed by atoms with van der Waals surface area (Å²) in [5.74, 6) is 3.33. The van der Waals surface area contributed by atoms with Gasteiger partial charge in [0, 0.05) is 38.1 Å². The smallest absolute Gasteiger partial charge is 0.191 e. The number of fused-ring (bicyclic) bond motifs is 2. The lowest BCUT2D eigenvalue weighted by atomic mass is 9.46. The first-order valence-corrected chi connectivity index (χ1v) is 8.59. The molecule has 24 heavy (non-hydrogen) atoms. The molecule has 2 aliphatic carbocycles. The Bertz CT molecular complexity index is 626. The van der Waals surface area contributed by atoms with Gasteiger partial charge < -0.3 is 19.9 Å². The van der Waals surface area contributed by atoms with E-state index < -0.39 is 0 Å². The Morgan fingerprint density at radius 2 is 2.21 bits per heavy atom. The first-order valence-electron chi connectivity index (χ1n) is 8.59. The molecule has 3 aliphatic rings. The van der Waals surface area contributed by atoms with Crippen molar-refractivity contribution in [3.8, 4) is 0 Å². The molecular weight excluding hydrogens is 419 g/mol. The van der Waals surface area contributed by atoms with Crippen molar-refractivity contribution in [3.63, 3.8) is 0 Å². The number of guanidine groups is 1. The van der Waals surface area contributed by atoms with Crippen LogP contribution in [0, 0.1) is 18.3 Å². The third kappa shape index (κ3) is 2.61. The number of aromatic nitrogens is 3. The molecule has 1 spiro atoms. The Labute approximate surface area is 160 Å². The van der Waals surface area contributed by atoms with Gasteiger partial charge in [-0.2, -0.15) is 0 Å². The number of hydrogen-bond acceptors (Lipinski definition) is 4. The lowest BCUT2D eigenvalue weighted by molar-refractivity contribution is -0.171. The quantitative estimate of drug-likeness (QED) is 0.417. The SMILES string of the molecule is CN=C(NCc1nnc(C)n1C)NC1C2CCOC2C12CCC2.I. The van der Waals surface area contributed by atoms with Gasteiger partial charge in [0.15, 0.2) is 11.8 Å². The highest BCUT2D eigenvalue weighted by Gasteiger charge is 2.66. The Kier molecular flexibility index (Phi) is 5.06. The average molecular weight is 446 g/mol. The molecule has 2 saturated carbocycles. The van der Waals surface area contributed by atoms with E-state index in [2.05, 4.69) is 25.8 Å². The van der Waals surface area contributed by atoms with Crippen LogP contribution in [0.4, 0.5) is 0 Å². The average Bonchev–Trinajstić information content (AvgIpc) is 3.05. The zero-order chi connectivity index (χ0) is 16.0. The summed E-state index contributed by atoms with van der Waals surface area (Å²) in [7, 11) is 3.81. The molecule has 2 N–H and O–H groups in total. The maximum absolute atomic E-state index is 5.98. The molecule has 0 radical (unpaired) electrons. The molecular formula is C16H27IN6O. The van der Waals surface area contributed by atoms with Crippen molar-refractivity contribution in [2.24, 2.45) is 23.4 Å². The van der Waals surface area contributed by atoms with Crippen molar-refractivity contribution in [2.75, 3.05) is 13.7 Å². The molecule has 1 aromatic heterocycles. The summed E-state index contributed by atoms with van der Waals surface area (Å²) in [5.41, 5.74) is 0.361. The molecule has 1 saturated heterocycles. The number of rotatable bonds is 3. The second kappa shape index (κ2) is 6.78. The molecule has 0 bridgehead atoms. The summed E-state index contributed by atoms with van der Waals surface area (Å²) >= 11 is 0. The standard InChI is InChI=1S/C16H26N6O.HI/c1-10-20-21-12(22(10)3)9-18-15(17-2)19-13-11-5-8-23-14(11)16(13)6-4-7-16;/h11,13-14H,4-9H2,1-3H3,(H2,17,18,19);1H. The minimum absolute atomic E-state index is 0. The molecule has 3 atom stereocenters. The summed E-state index contributed by atoms with van der Waals surface area (Å²) in [4.78, 5) is 4.40. The lowest BCUT2D eigenvalue weighted by Gasteiger charge is -2.63. The van der Waals surface area contributed by atoms with E-state index in [1.54, 1.807) is 0 Å². The van der Waals surface area contributed by atoms with Gasteiger partial charge in [-0.3, -0.25) is 4.99 Å². The van der Waals surface area contributed by atoms with Crippen LogP contribution in [0.5, 0.6) is 0 Å². The second-order valence-electron chi connectivity index (χ2n) is 7.10. The predicted octanol–water partition coefficient (Wildman–Crippen LogP) is 1.36. The number of aliphatic imine (C=N–C) groups is 1. The van der Waals surface area contributed by atoms with Crippen molar-refractivity contribution in [1.82, 2.24) is 25.4 Å². The van der Waals surface area contributed by atoms with Crippen molar-refractivity contribution in [1.29, 1.82) is 0 Å². The van der Waals surface area contributed by atoms with E-state index in [1.165, 1.54) is 25.7 Å². The van der Waals surface area contributed by atoms with Crippen LogP contribution in [0.3, 0.4) is 0 Å². The fraction of sp³-hybridized carbons (Fsp3) is 0.812. The summed E-state index contributed by atoms with van der Waals surface area (Å²) in [6.07, 6.45) is 5.54. The molecule has 3 unspecified atom stereocenters. The molecule has 8 heteroatoms. The summed E-state index contributed by atoms with van der Waals surface area (Å²) in [6, 6.07) is 0.496. The molecule has 1 aromatic rings. The molecule has 7 nitrogen and oxygen atoms in total. The molecule has 0 amide bonds. The summed E-state index contributed by atoms with van der Waals surface area (Å²) in [6.45, 7) is 3.50. The van der Waals surface area contributed by atoms with Gasteiger partial charge in [0.05, 0.1) is 12.6 Å². The monoisotopic (exact) mass is 446 g/mol. The minimum atomic E-state index is 0. The third-order valence-corrected chi connectivity index (χ3v) is 6.15. The zero-order valence-electron chi connectivity index (χ0n) is 14.6. The fourth-order valence-electron chi connectivity index (χ4n) is 4.57. The summed E-state index contributed by atoms with van der Waals surface area (Å²) in [5, 5.41) is 15.3. The van der Waals surface area contributed by atoms with Crippen LogP contribution in [0.15, 0.2) is 4.99 Å². The van der Waals surface area contributed by atoms with Crippen molar-refractivity contribution < 1.29 is 4.74 Å². The van der Waals surface area contributed by atoms with Crippen LogP contribution >= 0.6 is 24.0 Å². The van der Waals surface area contributed by atoms with Crippen LogP contribution < -0.4 is 10.6 Å². The molecule has 3 fully saturated rings. The van der Waals surface area contributed by atoms with Crippen LogP contribution in [0.25, 0.3) is 0 Å². The highest BCUT2D eigenvalue weighted by molar-refractivity contribution is 14.0. The number of nitrogens with zero attached hydrogens (tertiary/aromatic N) is 4. The van der Waals surface area contributed by atoms with Gasteiger partial charge in [0.1, 0.15) is 5.82 Å². The molecule has 1 aliphatic heterocycles. The minimum Gasteiger partial charge on any atom is -0.377 e. The van der Waals surface area contributed by atoms with Gasteiger partial charge >= 0.3 is 0 Å². The van der Waals surface area contributed by atoms with Crippen LogP contribution in [-0.4, -0.2) is 46.5 Å². The number of halogens is 1. The van der Waals surface area contributed by atoms with Gasteiger partial charge in [-0.15, -0.1) is 34.2 Å². The van der Waals surface area contributed by atoms with E-state index in [1.807, 2.05) is 25.6 Å². The first-order chi connectivity index (χ1) is 11.2.